The van der Waals surface area contributed by atoms with Crippen molar-refractivity contribution in [2.75, 3.05) is 11.6 Å². The molecular weight excluding hydrogens is 496 g/mol. The first-order chi connectivity index (χ1) is 18.0. The summed E-state index contributed by atoms with van der Waals surface area (Å²) in [6, 6.07) is 16.9. The van der Waals surface area contributed by atoms with E-state index in [2.05, 4.69) is 5.10 Å². The number of benzene rings is 3. The lowest BCUT2D eigenvalue weighted by molar-refractivity contribution is -0.117. The van der Waals surface area contributed by atoms with Crippen molar-refractivity contribution in [3.05, 3.63) is 83.2 Å². The van der Waals surface area contributed by atoms with Crippen LogP contribution < -0.4 is 9.75 Å². The molecule has 0 saturated carbocycles. The summed E-state index contributed by atoms with van der Waals surface area (Å²) in [6.45, 7) is 7.16. The largest absolute Gasteiger partial charge is 0.494 e. The van der Waals surface area contributed by atoms with E-state index in [4.69, 9.17) is 4.74 Å². The van der Waals surface area contributed by atoms with E-state index in [0.29, 0.717) is 30.0 Å². The van der Waals surface area contributed by atoms with Crippen molar-refractivity contribution in [3.63, 3.8) is 0 Å². The summed E-state index contributed by atoms with van der Waals surface area (Å²) in [5.41, 5.74) is 3.85. The van der Waals surface area contributed by atoms with E-state index in [0.717, 1.165) is 22.3 Å². The van der Waals surface area contributed by atoms with E-state index in [-0.39, 0.29) is 18.0 Å². The minimum absolute atomic E-state index is 0.0222. The second-order valence-corrected chi connectivity index (χ2v) is 9.65. The normalized spacial score (nSPS) is 17.5. The number of Topliss-reactive ketones (excluding diaryl/α,β-unsaturated/α-hetero) is 1. The topological polar surface area (TPSA) is 41.9 Å². The molecule has 0 N–H and O–H groups in total. The predicted octanol–water partition coefficient (Wildman–Crippen LogP) is 7.51. The van der Waals surface area contributed by atoms with Gasteiger partial charge < -0.3 is 4.74 Å². The lowest BCUT2D eigenvalue weighted by atomic mass is 9.93. The van der Waals surface area contributed by atoms with Gasteiger partial charge in [-0.1, -0.05) is 37.3 Å². The highest BCUT2D eigenvalue weighted by atomic mass is 19.4. The first kappa shape index (κ1) is 27.4. The molecule has 0 aliphatic carbocycles. The lowest BCUT2D eigenvalue weighted by Gasteiger charge is -2.26. The third-order valence-electron chi connectivity index (χ3n) is 6.82. The van der Waals surface area contributed by atoms with Gasteiger partial charge in [-0.15, -0.1) is 0 Å². The van der Waals surface area contributed by atoms with Gasteiger partial charge in [0.05, 0.1) is 18.3 Å². The molecule has 0 bridgehead atoms. The summed E-state index contributed by atoms with van der Waals surface area (Å²) in [4.78, 5) is 11.8. The highest BCUT2D eigenvalue weighted by Gasteiger charge is 2.48. The number of rotatable bonds is 8. The number of nitrogens with zero attached hydrogens (tertiary/aromatic N) is 2. The quantitative estimate of drug-likeness (QED) is 0.285. The van der Waals surface area contributed by atoms with Crippen LogP contribution in [0.15, 0.2) is 65.8 Å². The Morgan fingerprint density at radius 3 is 2.37 bits per heavy atom. The maximum absolute atomic E-state index is 14.5. The van der Waals surface area contributed by atoms with Gasteiger partial charge >= 0.3 is 6.18 Å². The molecule has 4 nitrogen and oxygen atoms in total. The number of halogens is 4. The molecular formula is C30H30F4N2O2. The van der Waals surface area contributed by atoms with Crippen LogP contribution >= 0.6 is 0 Å². The number of hydrogen-bond acceptors (Lipinski definition) is 4. The minimum Gasteiger partial charge on any atom is -0.494 e. The molecule has 1 heterocycles. The Morgan fingerprint density at radius 1 is 1.05 bits per heavy atom. The van der Waals surface area contributed by atoms with Crippen LogP contribution in [0.5, 0.6) is 5.75 Å². The number of ketones is 1. The molecule has 200 valence electrons. The van der Waals surface area contributed by atoms with E-state index < -0.39 is 23.8 Å². The Balaban J connectivity index is 1.55. The van der Waals surface area contributed by atoms with Crippen LogP contribution in [-0.2, 0) is 11.2 Å². The number of ether oxygens (including phenoxy) is 1. The fraction of sp³-hybridized carbons (Fsp3) is 0.333. The number of hydrogen-bond donors (Lipinski definition) is 0. The zero-order chi connectivity index (χ0) is 27.6. The van der Waals surface area contributed by atoms with Crippen LogP contribution in [0.25, 0.3) is 11.1 Å². The van der Waals surface area contributed by atoms with E-state index in [1.54, 1.807) is 24.3 Å². The zero-order valence-corrected chi connectivity index (χ0v) is 21.8. The van der Waals surface area contributed by atoms with Crippen LogP contribution in [0.1, 0.15) is 43.9 Å². The van der Waals surface area contributed by atoms with Crippen molar-refractivity contribution < 1.29 is 27.1 Å². The van der Waals surface area contributed by atoms with Gasteiger partial charge in [-0.3, -0.25) is 9.80 Å². The van der Waals surface area contributed by atoms with Crippen LogP contribution in [0, 0.1) is 18.7 Å². The van der Waals surface area contributed by atoms with Gasteiger partial charge in [-0.25, -0.2) is 4.39 Å². The predicted molar refractivity (Wildman–Crippen MR) is 141 cm³/mol. The van der Waals surface area contributed by atoms with Crippen molar-refractivity contribution in [1.29, 1.82) is 0 Å². The van der Waals surface area contributed by atoms with Gasteiger partial charge in [0.25, 0.3) is 0 Å². The van der Waals surface area contributed by atoms with Crippen LogP contribution in [0.2, 0.25) is 0 Å². The average molecular weight is 527 g/mol. The average Bonchev–Trinajstić information content (AvgIpc) is 3.18. The van der Waals surface area contributed by atoms with Gasteiger partial charge in [-0.05, 0) is 79.8 Å². The number of carbonyl (C=O) groups excluding carboxylic acids is 1. The molecule has 8 heteroatoms. The maximum atomic E-state index is 14.5. The Morgan fingerprint density at radius 2 is 1.76 bits per heavy atom. The van der Waals surface area contributed by atoms with E-state index in [9.17, 15) is 22.4 Å². The molecule has 0 spiro atoms. The van der Waals surface area contributed by atoms with Gasteiger partial charge in [-0.2, -0.15) is 18.3 Å². The highest BCUT2D eigenvalue weighted by molar-refractivity contribution is 5.96. The Bertz CT molecular complexity index is 1350. The smallest absolute Gasteiger partial charge is 0.431 e. The SMILES string of the molecule is CCOc1ccc(F)c(-c2ccc(Cc3ccc(N4N=C(C(F)(F)F)[C@@H](C)[C@@H]4CC(C)=O)cc3)c(C)c2)c1. The van der Waals surface area contributed by atoms with Gasteiger partial charge in [0.15, 0.2) is 0 Å². The second kappa shape index (κ2) is 11.0. The fourth-order valence-electron chi connectivity index (χ4n) is 4.83. The highest BCUT2D eigenvalue weighted by Crippen LogP contribution is 2.37. The monoisotopic (exact) mass is 526 g/mol. The molecule has 3 aromatic carbocycles. The zero-order valence-electron chi connectivity index (χ0n) is 21.8. The molecule has 1 aliphatic heterocycles. The minimum atomic E-state index is -4.56. The van der Waals surface area contributed by atoms with Crippen LogP contribution in [-0.4, -0.2) is 30.3 Å². The molecule has 2 atom stereocenters. The Kier molecular flexibility index (Phi) is 7.90. The molecule has 1 aliphatic rings. The van der Waals surface area contributed by atoms with Gasteiger partial charge in [0.2, 0.25) is 0 Å². The molecule has 0 aromatic heterocycles. The van der Waals surface area contributed by atoms with E-state index in [1.807, 2.05) is 44.2 Å². The molecule has 3 aromatic rings. The van der Waals surface area contributed by atoms with Crippen LogP contribution in [0.3, 0.4) is 0 Å². The summed E-state index contributed by atoms with van der Waals surface area (Å²) < 4.78 is 60.5. The first-order valence-corrected chi connectivity index (χ1v) is 12.5. The summed E-state index contributed by atoms with van der Waals surface area (Å²) in [7, 11) is 0. The second-order valence-electron chi connectivity index (χ2n) is 9.65. The standard InChI is InChI=1S/C30H30F4N2O2/c1-5-38-25-12-13-27(31)26(17-25)23-9-8-22(18(2)14-23)16-21-6-10-24(11-7-21)36-28(15-19(3)37)20(4)29(35-36)30(32,33)34/h6-14,17,20,28H,5,15-16H2,1-4H3/t20-,28-/m0/s1. The molecule has 38 heavy (non-hydrogen) atoms. The maximum Gasteiger partial charge on any atom is 0.431 e. The Hall–Kier alpha value is -3.68. The van der Waals surface area contributed by atoms with Crippen molar-refractivity contribution in [2.45, 2.75) is 52.8 Å². The van der Waals surface area contributed by atoms with E-state index in [1.165, 1.54) is 24.9 Å². The third kappa shape index (κ3) is 5.90. The number of alkyl halides is 3. The van der Waals surface area contributed by atoms with Crippen molar-refractivity contribution in [3.8, 4) is 16.9 Å². The lowest BCUT2D eigenvalue weighted by Crippen LogP contribution is -2.36. The number of aryl methyl sites for hydroxylation is 1. The summed E-state index contributed by atoms with van der Waals surface area (Å²) in [5, 5.41) is 5.19. The molecule has 0 fully saturated rings. The number of anilines is 1. The molecule has 4 rings (SSSR count). The number of carbonyl (C=O) groups is 1. The van der Waals surface area contributed by atoms with E-state index >= 15 is 0 Å². The van der Waals surface area contributed by atoms with Crippen molar-refractivity contribution in [1.82, 2.24) is 0 Å². The molecule has 0 unspecified atom stereocenters. The summed E-state index contributed by atoms with van der Waals surface area (Å²) in [5.74, 6) is -0.827. The Labute approximate surface area is 219 Å². The summed E-state index contributed by atoms with van der Waals surface area (Å²) >= 11 is 0. The third-order valence-corrected chi connectivity index (χ3v) is 6.82. The number of hydrazone groups is 1. The van der Waals surface area contributed by atoms with Crippen LogP contribution in [0.4, 0.5) is 23.2 Å². The fourth-order valence-corrected chi connectivity index (χ4v) is 4.83. The van der Waals surface area contributed by atoms with Crippen molar-refractivity contribution in [2.24, 2.45) is 11.0 Å². The molecule has 0 amide bonds. The van der Waals surface area contributed by atoms with Crippen molar-refractivity contribution >= 4 is 17.2 Å². The van der Waals surface area contributed by atoms with Gasteiger partial charge in [0, 0.05) is 17.9 Å². The first-order valence-electron chi connectivity index (χ1n) is 12.5. The van der Waals surface area contributed by atoms with Gasteiger partial charge in [0.1, 0.15) is 23.1 Å². The summed E-state index contributed by atoms with van der Waals surface area (Å²) in [6.07, 6.45) is -3.98. The molecule has 0 saturated heterocycles. The molecule has 0 radical (unpaired) electrons.